The summed E-state index contributed by atoms with van der Waals surface area (Å²) in [4.78, 5) is 38.1. The highest BCUT2D eigenvalue weighted by Gasteiger charge is 2.24. The van der Waals surface area contributed by atoms with Gasteiger partial charge in [-0.3, -0.25) is 14.5 Å². The van der Waals surface area contributed by atoms with Crippen LogP contribution in [0.4, 0.5) is 5.82 Å². The number of anilines is 1. The van der Waals surface area contributed by atoms with Crippen LogP contribution in [0.2, 0.25) is 0 Å². The predicted molar refractivity (Wildman–Crippen MR) is 145 cm³/mol. The van der Waals surface area contributed by atoms with Gasteiger partial charge in [0, 0.05) is 41.4 Å². The summed E-state index contributed by atoms with van der Waals surface area (Å²) in [6.07, 6.45) is 7.36. The Morgan fingerprint density at radius 3 is 2.86 bits per heavy atom. The molecule has 3 aromatic heterocycles. The highest BCUT2D eigenvalue weighted by Crippen LogP contribution is 2.32. The molecule has 1 aromatic carbocycles. The van der Waals surface area contributed by atoms with Crippen LogP contribution in [0.25, 0.3) is 10.9 Å². The second kappa shape index (κ2) is 11.2. The number of pyridine rings is 2. The topological polar surface area (TPSA) is 91.0 Å². The van der Waals surface area contributed by atoms with Crippen LogP contribution in [0.1, 0.15) is 69.5 Å². The summed E-state index contributed by atoms with van der Waals surface area (Å²) < 4.78 is 0. The molecule has 0 radical (unpaired) electrons. The normalized spacial score (nSPS) is 15.3. The number of nitrogens with zero attached hydrogens (tertiary/aromatic N) is 3. The number of fused-ring (bicyclic) bond motifs is 1. The number of hydrogen-bond acceptors (Lipinski definition) is 5. The predicted octanol–water partition coefficient (Wildman–Crippen LogP) is 5.16. The van der Waals surface area contributed by atoms with Crippen molar-refractivity contribution in [3.63, 3.8) is 0 Å². The summed E-state index contributed by atoms with van der Waals surface area (Å²) in [7, 11) is 2.15. The van der Waals surface area contributed by atoms with Crippen LogP contribution in [0.15, 0.2) is 60.8 Å². The summed E-state index contributed by atoms with van der Waals surface area (Å²) in [6.45, 7) is 1.11. The van der Waals surface area contributed by atoms with E-state index in [-0.39, 0.29) is 5.91 Å². The lowest BCUT2D eigenvalue weighted by molar-refractivity contribution is 0.102. The van der Waals surface area contributed by atoms with Crippen molar-refractivity contribution in [2.75, 3.05) is 18.9 Å². The Hall–Kier alpha value is -4.28. The molecule has 1 amide bonds. The average molecular weight is 492 g/mol. The summed E-state index contributed by atoms with van der Waals surface area (Å²) in [5.41, 5.74) is 4.91. The molecule has 1 unspecified atom stereocenters. The van der Waals surface area contributed by atoms with Crippen LogP contribution in [0.3, 0.4) is 0 Å². The minimum atomic E-state index is -0.184. The Kier molecular flexibility index (Phi) is 7.38. The quantitative estimate of drug-likeness (QED) is 0.212. The Labute approximate surface area is 216 Å². The molecule has 4 aromatic rings. The van der Waals surface area contributed by atoms with Crippen LogP contribution in [0, 0.1) is 11.8 Å². The minimum absolute atomic E-state index is 0.184. The number of benzene rings is 1. The van der Waals surface area contributed by atoms with Crippen LogP contribution >= 0.6 is 0 Å². The molecule has 186 valence electrons. The lowest BCUT2D eigenvalue weighted by atomic mass is 10.1. The van der Waals surface area contributed by atoms with Gasteiger partial charge in [-0.2, -0.15) is 0 Å². The number of unbranched alkanes of at least 4 members (excludes halogenated alkanes) is 1. The van der Waals surface area contributed by atoms with Crippen LogP contribution < -0.4 is 5.32 Å². The molecule has 1 saturated heterocycles. The van der Waals surface area contributed by atoms with Crippen molar-refractivity contribution in [1.82, 2.24) is 19.9 Å². The molecule has 1 fully saturated rings. The first kappa shape index (κ1) is 24.4. The SMILES string of the molecule is CN1CCCC1c1cc2cnc(NC(=O)c3ccc(CCCC#Cc4cccc(C=O)n4)cc3)cc2[nH]1. The molecule has 37 heavy (non-hydrogen) atoms. The zero-order valence-corrected chi connectivity index (χ0v) is 20.8. The molecule has 5 rings (SSSR count). The van der Waals surface area contributed by atoms with Crippen LogP contribution in [-0.4, -0.2) is 45.6 Å². The fraction of sp³-hybridized carbons (Fsp3) is 0.267. The largest absolute Gasteiger partial charge is 0.357 e. The number of carbonyl (C=O) groups excluding carboxylic acids is 2. The number of aryl methyl sites for hydroxylation is 1. The first-order chi connectivity index (χ1) is 18.1. The van der Waals surface area contributed by atoms with Gasteiger partial charge < -0.3 is 10.3 Å². The van der Waals surface area contributed by atoms with Gasteiger partial charge in [0.25, 0.3) is 5.91 Å². The van der Waals surface area contributed by atoms with Gasteiger partial charge in [-0.25, -0.2) is 9.97 Å². The molecule has 0 saturated carbocycles. The number of likely N-dealkylation sites (tertiary alicyclic amines) is 1. The zero-order chi connectivity index (χ0) is 25.6. The number of aldehydes is 1. The van der Waals surface area contributed by atoms with Crippen molar-refractivity contribution in [1.29, 1.82) is 0 Å². The number of aromatic amines is 1. The molecule has 2 N–H and O–H groups in total. The molecular formula is C30H29N5O2. The van der Waals surface area contributed by atoms with E-state index in [4.69, 9.17) is 0 Å². The molecule has 0 bridgehead atoms. The van der Waals surface area contributed by atoms with E-state index in [1.54, 1.807) is 24.4 Å². The van der Waals surface area contributed by atoms with Crippen molar-refractivity contribution in [3.05, 3.63) is 89.0 Å². The third-order valence-corrected chi connectivity index (χ3v) is 6.74. The molecular weight excluding hydrogens is 462 g/mol. The fourth-order valence-corrected chi connectivity index (χ4v) is 4.73. The molecule has 1 aliphatic heterocycles. The fourth-order valence-electron chi connectivity index (χ4n) is 4.73. The lowest BCUT2D eigenvalue weighted by Gasteiger charge is -2.17. The molecule has 1 atom stereocenters. The number of H-pyrrole nitrogens is 1. The van der Waals surface area contributed by atoms with Crippen molar-refractivity contribution in [3.8, 4) is 11.8 Å². The number of rotatable bonds is 7. The first-order valence-electron chi connectivity index (χ1n) is 12.6. The number of hydrogen-bond donors (Lipinski definition) is 2. The Morgan fingerprint density at radius 1 is 1.22 bits per heavy atom. The maximum Gasteiger partial charge on any atom is 0.256 e. The average Bonchev–Trinajstić information content (AvgIpc) is 3.54. The molecule has 7 heteroatoms. The van der Waals surface area contributed by atoms with Gasteiger partial charge in [-0.15, -0.1) is 0 Å². The second-order valence-electron chi connectivity index (χ2n) is 9.39. The summed E-state index contributed by atoms with van der Waals surface area (Å²) >= 11 is 0. The van der Waals surface area contributed by atoms with E-state index in [1.165, 1.54) is 12.1 Å². The van der Waals surface area contributed by atoms with Gasteiger partial charge in [-0.1, -0.05) is 24.1 Å². The number of carbonyl (C=O) groups is 2. The summed E-state index contributed by atoms with van der Waals surface area (Å²) in [6, 6.07) is 17.3. The second-order valence-corrected chi connectivity index (χ2v) is 9.39. The number of amides is 1. The number of nitrogens with one attached hydrogen (secondary N) is 2. The van der Waals surface area contributed by atoms with E-state index in [0.717, 1.165) is 55.0 Å². The maximum absolute atomic E-state index is 12.8. The third kappa shape index (κ3) is 5.93. The van der Waals surface area contributed by atoms with Crippen molar-refractivity contribution >= 4 is 28.9 Å². The van der Waals surface area contributed by atoms with Gasteiger partial charge >= 0.3 is 0 Å². The van der Waals surface area contributed by atoms with E-state index < -0.39 is 0 Å². The molecule has 7 nitrogen and oxygen atoms in total. The van der Waals surface area contributed by atoms with Crippen molar-refractivity contribution in [2.45, 2.75) is 38.1 Å². The van der Waals surface area contributed by atoms with E-state index in [1.807, 2.05) is 30.3 Å². The Morgan fingerprint density at radius 2 is 2.08 bits per heavy atom. The third-order valence-electron chi connectivity index (χ3n) is 6.74. The summed E-state index contributed by atoms with van der Waals surface area (Å²) in [5.74, 6) is 6.45. The highest BCUT2D eigenvalue weighted by molar-refractivity contribution is 6.04. The van der Waals surface area contributed by atoms with Gasteiger partial charge in [-0.05, 0) is 81.1 Å². The van der Waals surface area contributed by atoms with Crippen LogP contribution in [-0.2, 0) is 6.42 Å². The van der Waals surface area contributed by atoms with Crippen LogP contribution in [0.5, 0.6) is 0 Å². The smallest absolute Gasteiger partial charge is 0.256 e. The van der Waals surface area contributed by atoms with E-state index in [9.17, 15) is 9.59 Å². The first-order valence-corrected chi connectivity index (χ1v) is 12.6. The van der Waals surface area contributed by atoms with Gasteiger partial charge in [0.05, 0.1) is 5.52 Å². The maximum atomic E-state index is 12.8. The standard InChI is InChI=1S/C30H29N5O2/c1-35-16-6-11-28(35)27-17-23-19-31-29(18-26(23)33-27)34-30(37)22-14-12-21(13-15-22)7-3-2-4-8-24-9-5-10-25(20-36)32-24/h5,9-10,12-15,17-20,28,33H,2-3,6-7,11,16H2,1H3,(H,31,34,37). The zero-order valence-electron chi connectivity index (χ0n) is 20.8. The Bertz CT molecular complexity index is 1480. The number of aromatic nitrogens is 3. The molecule has 0 aliphatic carbocycles. The summed E-state index contributed by atoms with van der Waals surface area (Å²) in [5, 5.41) is 3.96. The van der Waals surface area contributed by atoms with E-state index in [2.05, 4.69) is 50.1 Å². The van der Waals surface area contributed by atoms with Crippen molar-refractivity contribution < 1.29 is 9.59 Å². The van der Waals surface area contributed by atoms with Gasteiger partial charge in [0.15, 0.2) is 6.29 Å². The monoisotopic (exact) mass is 491 g/mol. The molecule has 0 spiro atoms. The minimum Gasteiger partial charge on any atom is -0.357 e. The van der Waals surface area contributed by atoms with Gasteiger partial charge in [0.2, 0.25) is 0 Å². The lowest BCUT2D eigenvalue weighted by Crippen LogP contribution is -2.17. The Balaban J connectivity index is 1.14. The highest BCUT2D eigenvalue weighted by atomic mass is 16.1. The van der Waals surface area contributed by atoms with Crippen molar-refractivity contribution in [2.24, 2.45) is 0 Å². The molecule has 1 aliphatic rings. The van der Waals surface area contributed by atoms with E-state index >= 15 is 0 Å². The molecule has 4 heterocycles. The van der Waals surface area contributed by atoms with Gasteiger partial charge in [0.1, 0.15) is 17.2 Å². The van der Waals surface area contributed by atoms with E-state index in [0.29, 0.717) is 28.8 Å².